The Kier molecular flexibility index (Phi) is 14.3. The fourth-order valence-electron chi connectivity index (χ4n) is 6.54. The van der Waals surface area contributed by atoms with Crippen molar-refractivity contribution in [2.24, 2.45) is 35.5 Å². The summed E-state index contributed by atoms with van der Waals surface area (Å²) in [4.78, 5) is 13.5. The summed E-state index contributed by atoms with van der Waals surface area (Å²) in [6.45, 7) is 17.0. The van der Waals surface area contributed by atoms with Crippen molar-refractivity contribution in [2.45, 2.75) is 118 Å². The van der Waals surface area contributed by atoms with Crippen LogP contribution in [0.15, 0.2) is 47.3 Å². The number of allylic oxidation sites excluding steroid dienone is 5. The lowest BCUT2D eigenvalue weighted by Gasteiger charge is -2.49. The van der Waals surface area contributed by atoms with Gasteiger partial charge in [0.25, 0.3) is 0 Å². The van der Waals surface area contributed by atoms with Crippen molar-refractivity contribution in [1.29, 1.82) is 0 Å². The van der Waals surface area contributed by atoms with E-state index in [1.165, 1.54) is 14.2 Å². The smallest absolute Gasteiger partial charge is 0.373 e. The van der Waals surface area contributed by atoms with Gasteiger partial charge in [0, 0.05) is 37.2 Å². The molecule has 2 rings (SSSR count). The van der Waals surface area contributed by atoms with Crippen LogP contribution in [0.5, 0.6) is 0 Å². The van der Waals surface area contributed by atoms with E-state index in [9.17, 15) is 25.2 Å². The highest BCUT2D eigenvalue weighted by molar-refractivity contribution is 5.87. The fraction of sp³-hybridized carbons (Fsp3) is 0.743. The summed E-state index contributed by atoms with van der Waals surface area (Å²) in [7, 11) is 2.87. The van der Waals surface area contributed by atoms with Gasteiger partial charge in [0.15, 0.2) is 5.79 Å². The standard InChI is InChI=1S/C35H58O9/c1-19(2)32-24(7)27(36)18-35(40,44-32)26(9)31(38)25(8)33-28(41-10)14-12-13-20(3)15-22(5)30(37)23(6)16-21(4)17-29(42-11)34(39)43-33/h12-14,16-17,19,22-28,30-33,36-38,40H,15,18H2,1-11H3/b14-12+,20-13+,21-16+,29-17+. The molecule has 0 aromatic heterocycles. The Morgan fingerprint density at radius 2 is 1.68 bits per heavy atom. The molecule has 1 fully saturated rings. The minimum absolute atomic E-state index is 0.00492. The van der Waals surface area contributed by atoms with E-state index in [0.29, 0.717) is 6.42 Å². The van der Waals surface area contributed by atoms with E-state index in [0.717, 1.165) is 11.1 Å². The van der Waals surface area contributed by atoms with Crippen molar-refractivity contribution in [2.75, 3.05) is 14.2 Å². The molecule has 0 spiro atoms. The van der Waals surface area contributed by atoms with Crippen molar-refractivity contribution in [3.8, 4) is 0 Å². The number of esters is 1. The number of carbonyl (C=O) groups is 1. The highest BCUT2D eigenvalue weighted by Crippen LogP contribution is 2.41. The number of rotatable bonds is 7. The lowest BCUT2D eigenvalue weighted by Crippen LogP contribution is -2.59. The number of hydrogen-bond acceptors (Lipinski definition) is 9. The molecular formula is C35H58O9. The van der Waals surface area contributed by atoms with Gasteiger partial charge in [-0.05, 0) is 38.2 Å². The van der Waals surface area contributed by atoms with Gasteiger partial charge >= 0.3 is 5.97 Å². The summed E-state index contributed by atoms with van der Waals surface area (Å²) < 4.78 is 23.4. The number of carbonyl (C=O) groups excluding carboxylic acids is 1. The summed E-state index contributed by atoms with van der Waals surface area (Å²) >= 11 is 0. The Labute approximate surface area is 264 Å². The largest absolute Gasteiger partial charge is 0.490 e. The van der Waals surface area contributed by atoms with E-state index >= 15 is 0 Å². The van der Waals surface area contributed by atoms with Crippen LogP contribution in [0.1, 0.15) is 75.2 Å². The van der Waals surface area contributed by atoms with Crippen LogP contribution >= 0.6 is 0 Å². The molecule has 4 N–H and O–H groups in total. The Morgan fingerprint density at radius 3 is 2.25 bits per heavy atom. The van der Waals surface area contributed by atoms with E-state index < -0.39 is 60.2 Å². The third kappa shape index (κ3) is 9.50. The van der Waals surface area contributed by atoms with Crippen LogP contribution in [-0.4, -0.2) is 83.0 Å². The molecule has 0 bridgehead atoms. The number of hydrogen-bond donors (Lipinski definition) is 4. The Morgan fingerprint density at radius 1 is 1.05 bits per heavy atom. The van der Waals surface area contributed by atoms with Crippen LogP contribution in [0.3, 0.4) is 0 Å². The third-order valence-corrected chi connectivity index (χ3v) is 9.50. The summed E-state index contributed by atoms with van der Waals surface area (Å²) in [5.41, 5.74) is 1.78. The van der Waals surface area contributed by atoms with E-state index in [1.807, 2.05) is 66.7 Å². The lowest BCUT2D eigenvalue weighted by atomic mass is 9.76. The molecule has 0 aromatic carbocycles. The Hall–Kier alpha value is -2.01. The van der Waals surface area contributed by atoms with Gasteiger partial charge in [0.05, 0.1) is 31.5 Å². The summed E-state index contributed by atoms with van der Waals surface area (Å²) in [5.74, 6) is -4.49. The monoisotopic (exact) mass is 622 g/mol. The molecule has 2 aliphatic heterocycles. The van der Waals surface area contributed by atoms with E-state index in [-0.39, 0.29) is 35.9 Å². The zero-order chi connectivity index (χ0) is 33.5. The maximum atomic E-state index is 13.5. The second kappa shape index (κ2) is 16.5. The maximum Gasteiger partial charge on any atom is 0.373 e. The summed E-state index contributed by atoms with van der Waals surface area (Å²) in [5, 5.41) is 45.0. The first-order valence-electron chi connectivity index (χ1n) is 15.9. The molecule has 0 aliphatic carbocycles. The molecule has 0 aromatic rings. The molecule has 0 amide bonds. The highest BCUT2D eigenvalue weighted by Gasteiger charge is 2.51. The molecule has 12 unspecified atom stereocenters. The second-order valence-corrected chi connectivity index (χ2v) is 13.6. The average Bonchev–Trinajstić information content (AvgIpc) is 2.96. The fourth-order valence-corrected chi connectivity index (χ4v) is 6.54. The number of aliphatic hydroxyl groups excluding tert-OH is 3. The first-order chi connectivity index (χ1) is 20.5. The zero-order valence-electron chi connectivity index (χ0n) is 28.6. The first-order valence-corrected chi connectivity index (χ1v) is 15.9. The van der Waals surface area contributed by atoms with Gasteiger partial charge < -0.3 is 39.4 Å². The van der Waals surface area contributed by atoms with Gasteiger partial charge in [0.2, 0.25) is 5.76 Å². The van der Waals surface area contributed by atoms with Crippen molar-refractivity contribution in [3.05, 3.63) is 47.3 Å². The zero-order valence-corrected chi connectivity index (χ0v) is 28.6. The van der Waals surface area contributed by atoms with Crippen LogP contribution < -0.4 is 0 Å². The molecule has 0 radical (unpaired) electrons. The van der Waals surface area contributed by atoms with E-state index in [2.05, 4.69) is 0 Å². The SMILES string of the molecule is CO/C1=C/C(C)=C/C(C)C(O)C(C)C/C(C)=C/C=C/C(OC)C(C(C)C(O)C(C)C2(O)CC(O)C(C)C(C(C)C)O2)OC1=O. The number of ether oxygens (including phenoxy) is 4. The average molecular weight is 623 g/mol. The van der Waals surface area contributed by atoms with Crippen LogP contribution in [0.25, 0.3) is 0 Å². The number of aliphatic hydroxyl groups is 4. The third-order valence-electron chi connectivity index (χ3n) is 9.50. The van der Waals surface area contributed by atoms with Gasteiger partial charge in [0.1, 0.15) is 12.2 Å². The highest BCUT2D eigenvalue weighted by atomic mass is 16.6. The molecule has 252 valence electrons. The molecule has 44 heavy (non-hydrogen) atoms. The van der Waals surface area contributed by atoms with Crippen LogP contribution in [0.4, 0.5) is 0 Å². The molecule has 12 atom stereocenters. The van der Waals surface area contributed by atoms with Gasteiger partial charge in [-0.25, -0.2) is 4.79 Å². The minimum Gasteiger partial charge on any atom is -0.490 e. The summed E-state index contributed by atoms with van der Waals surface area (Å²) in [6, 6.07) is 0. The molecule has 2 aliphatic rings. The molecule has 9 heteroatoms. The Balaban J connectivity index is 2.52. The van der Waals surface area contributed by atoms with Gasteiger partial charge in [-0.1, -0.05) is 83.9 Å². The molecule has 0 saturated carbocycles. The lowest BCUT2D eigenvalue weighted by molar-refractivity contribution is -0.328. The first kappa shape index (κ1) is 38.2. The second-order valence-electron chi connectivity index (χ2n) is 13.6. The molecule has 2 heterocycles. The van der Waals surface area contributed by atoms with Crippen molar-refractivity contribution >= 4 is 5.97 Å². The van der Waals surface area contributed by atoms with Gasteiger partial charge in [-0.15, -0.1) is 0 Å². The van der Waals surface area contributed by atoms with Gasteiger partial charge in [-0.2, -0.15) is 0 Å². The summed E-state index contributed by atoms with van der Waals surface area (Å²) in [6.07, 6.45) is 4.85. The number of cyclic esters (lactones) is 1. The van der Waals surface area contributed by atoms with Crippen molar-refractivity contribution < 1.29 is 44.2 Å². The van der Waals surface area contributed by atoms with Crippen LogP contribution in [0, 0.1) is 35.5 Å². The maximum absolute atomic E-state index is 13.5. The van der Waals surface area contributed by atoms with Crippen molar-refractivity contribution in [3.63, 3.8) is 0 Å². The predicted molar refractivity (Wildman–Crippen MR) is 170 cm³/mol. The Bertz CT molecular complexity index is 1060. The minimum atomic E-state index is -1.80. The van der Waals surface area contributed by atoms with Crippen molar-refractivity contribution in [1.82, 2.24) is 0 Å². The predicted octanol–water partition coefficient (Wildman–Crippen LogP) is 4.69. The van der Waals surface area contributed by atoms with Crippen LogP contribution in [0.2, 0.25) is 0 Å². The topological polar surface area (TPSA) is 135 Å². The van der Waals surface area contributed by atoms with E-state index in [4.69, 9.17) is 18.9 Å². The molecular weight excluding hydrogens is 564 g/mol. The molecule has 1 saturated heterocycles. The number of methoxy groups -OCH3 is 2. The van der Waals surface area contributed by atoms with E-state index in [1.54, 1.807) is 26.0 Å². The van der Waals surface area contributed by atoms with Gasteiger partial charge in [-0.3, -0.25) is 0 Å². The van der Waals surface area contributed by atoms with Crippen LogP contribution in [-0.2, 0) is 23.7 Å². The normalized spacial score (nSPS) is 41.2. The quantitative estimate of drug-likeness (QED) is 0.298. The molecule has 9 nitrogen and oxygen atoms in total.